The summed E-state index contributed by atoms with van der Waals surface area (Å²) in [6, 6.07) is 6.38. The van der Waals surface area contributed by atoms with Crippen LogP contribution >= 0.6 is 11.3 Å². The third-order valence-electron chi connectivity index (χ3n) is 3.33. The zero-order chi connectivity index (χ0) is 13.1. The second-order valence-electron chi connectivity index (χ2n) is 4.46. The molecule has 0 amide bonds. The number of hydrogen-bond acceptors (Lipinski definition) is 5. The molecule has 0 atom stereocenters. The smallest absolute Gasteiger partial charge is 0.131 e. The second kappa shape index (κ2) is 5.59. The van der Waals surface area contributed by atoms with Gasteiger partial charge < -0.3 is 15.0 Å². The Morgan fingerprint density at radius 1 is 1.32 bits per heavy atom. The van der Waals surface area contributed by atoms with Gasteiger partial charge >= 0.3 is 0 Å². The summed E-state index contributed by atoms with van der Waals surface area (Å²) in [7, 11) is 1.72. The molecule has 100 valence electrons. The lowest BCUT2D eigenvalue weighted by Crippen LogP contribution is -2.43. The molecule has 1 N–H and O–H groups in total. The van der Waals surface area contributed by atoms with Gasteiger partial charge in [0, 0.05) is 49.5 Å². The molecule has 5 heteroatoms. The average Bonchev–Trinajstić information content (AvgIpc) is 3.01. The van der Waals surface area contributed by atoms with Gasteiger partial charge in [-0.1, -0.05) is 0 Å². The Labute approximate surface area is 117 Å². The third-order valence-corrected chi connectivity index (χ3v) is 4.14. The summed E-state index contributed by atoms with van der Waals surface area (Å²) in [4.78, 5) is 6.73. The SMILES string of the molecule is COc1cc(N2CCNCC2)ccc1-c1nccs1. The summed E-state index contributed by atoms with van der Waals surface area (Å²) in [6.45, 7) is 4.16. The van der Waals surface area contributed by atoms with Crippen LogP contribution < -0.4 is 15.0 Å². The van der Waals surface area contributed by atoms with E-state index in [1.54, 1.807) is 18.4 Å². The summed E-state index contributed by atoms with van der Waals surface area (Å²) in [6.07, 6.45) is 1.82. The first-order valence-electron chi connectivity index (χ1n) is 6.42. The standard InChI is InChI=1S/C14H17N3OS/c1-18-13-10-11(17-7-4-15-5-8-17)2-3-12(13)14-16-6-9-19-14/h2-3,6,9-10,15H,4-5,7-8H2,1H3. The number of hydrogen-bond donors (Lipinski definition) is 1. The van der Waals surface area contributed by atoms with Gasteiger partial charge in [-0.3, -0.25) is 0 Å². The third kappa shape index (κ3) is 2.57. The summed E-state index contributed by atoms with van der Waals surface area (Å²) >= 11 is 1.63. The highest BCUT2D eigenvalue weighted by molar-refractivity contribution is 7.13. The number of aromatic nitrogens is 1. The summed E-state index contributed by atoms with van der Waals surface area (Å²) in [5.74, 6) is 0.894. The monoisotopic (exact) mass is 275 g/mol. The van der Waals surface area contributed by atoms with Crippen LogP contribution in [0.4, 0.5) is 5.69 Å². The molecule has 1 aromatic carbocycles. The minimum Gasteiger partial charge on any atom is -0.496 e. The molecule has 1 fully saturated rings. The highest BCUT2D eigenvalue weighted by atomic mass is 32.1. The number of piperazine rings is 1. The Kier molecular flexibility index (Phi) is 3.66. The average molecular weight is 275 g/mol. The maximum absolute atomic E-state index is 5.52. The molecule has 3 rings (SSSR count). The zero-order valence-corrected chi connectivity index (χ0v) is 11.7. The molecule has 0 aliphatic carbocycles. The highest BCUT2D eigenvalue weighted by Gasteiger charge is 2.14. The Balaban J connectivity index is 1.92. The molecule has 1 saturated heterocycles. The first kappa shape index (κ1) is 12.4. The predicted octanol–water partition coefficient (Wildman–Crippen LogP) is 2.23. The number of anilines is 1. The quantitative estimate of drug-likeness (QED) is 0.932. The van der Waals surface area contributed by atoms with E-state index in [0.29, 0.717) is 0 Å². The Morgan fingerprint density at radius 3 is 2.84 bits per heavy atom. The molecule has 0 saturated carbocycles. The van der Waals surface area contributed by atoms with Crippen LogP contribution in [0.1, 0.15) is 0 Å². The van der Waals surface area contributed by atoms with Gasteiger partial charge in [-0.05, 0) is 12.1 Å². The van der Waals surface area contributed by atoms with Gasteiger partial charge in [0.2, 0.25) is 0 Å². The van der Waals surface area contributed by atoms with E-state index < -0.39 is 0 Å². The van der Waals surface area contributed by atoms with E-state index in [2.05, 4.69) is 33.4 Å². The molecule has 1 aliphatic heterocycles. The second-order valence-corrected chi connectivity index (χ2v) is 5.35. The number of benzene rings is 1. The molecule has 0 spiro atoms. The highest BCUT2D eigenvalue weighted by Crippen LogP contribution is 2.34. The van der Waals surface area contributed by atoms with Gasteiger partial charge in [-0.25, -0.2) is 4.98 Å². The van der Waals surface area contributed by atoms with E-state index in [9.17, 15) is 0 Å². The number of ether oxygens (including phenoxy) is 1. The van der Waals surface area contributed by atoms with E-state index in [0.717, 1.165) is 42.5 Å². The van der Waals surface area contributed by atoms with Crippen molar-refractivity contribution in [1.82, 2.24) is 10.3 Å². The van der Waals surface area contributed by atoms with Crippen LogP contribution in [-0.2, 0) is 0 Å². The largest absolute Gasteiger partial charge is 0.496 e. The molecule has 2 heterocycles. The lowest BCUT2D eigenvalue weighted by molar-refractivity contribution is 0.416. The van der Waals surface area contributed by atoms with Crippen LogP contribution in [0.2, 0.25) is 0 Å². The van der Waals surface area contributed by atoms with E-state index in [4.69, 9.17) is 4.74 Å². The Hall–Kier alpha value is -1.59. The Bertz CT molecular complexity index is 536. The van der Waals surface area contributed by atoms with Gasteiger partial charge in [-0.2, -0.15) is 0 Å². The van der Waals surface area contributed by atoms with Crippen LogP contribution in [-0.4, -0.2) is 38.3 Å². The number of thiazole rings is 1. The zero-order valence-electron chi connectivity index (χ0n) is 10.9. The fourth-order valence-electron chi connectivity index (χ4n) is 2.33. The number of rotatable bonds is 3. The van der Waals surface area contributed by atoms with Gasteiger partial charge in [-0.15, -0.1) is 11.3 Å². The number of methoxy groups -OCH3 is 1. The van der Waals surface area contributed by atoms with Crippen molar-refractivity contribution in [2.75, 3.05) is 38.2 Å². The van der Waals surface area contributed by atoms with Crippen molar-refractivity contribution in [3.05, 3.63) is 29.8 Å². The van der Waals surface area contributed by atoms with Crippen molar-refractivity contribution in [3.8, 4) is 16.3 Å². The predicted molar refractivity (Wildman–Crippen MR) is 79.2 cm³/mol. The van der Waals surface area contributed by atoms with Gasteiger partial charge in [0.15, 0.2) is 0 Å². The molecule has 2 aromatic rings. The topological polar surface area (TPSA) is 37.4 Å². The molecule has 1 aliphatic rings. The van der Waals surface area contributed by atoms with Crippen molar-refractivity contribution in [2.45, 2.75) is 0 Å². The fraction of sp³-hybridized carbons (Fsp3) is 0.357. The summed E-state index contributed by atoms with van der Waals surface area (Å²) in [5.41, 5.74) is 2.29. The number of nitrogens with zero attached hydrogens (tertiary/aromatic N) is 2. The molecule has 1 aromatic heterocycles. The summed E-state index contributed by atoms with van der Waals surface area (Å²) < 4.78 is 5.52. The molecule has 19 heavy (non-hydrogen) atoms. The maximum Gasteiger partial charge on any atom is 0.131 e. The maximum atomic E-state index is 5.52. The van der Waals surface area contributed by atoms with Gasteiger partial charge in [0.25, 0.3) is 0 Å². The number of nitrogens with one attached hydrogen (secondary N) is 1. The van der Waals surface area contributed by atoms with Crippen molar-refractivity contribution in [1.29, 1.82) is 0 Å². The summed E-state index contributed by atoms with van der Waals surface area (Å²) in [5, 5.41) is 6.35. The van der Waals surface area contributed by atoms with Crippen LogP contribution in [0.3, 0.4) is 0 Å². The Morgan fingerprint density at radius 2 is 2.16 bits per heavy atom. The fourth-order valence-corrected chi connectivity index (χ4v) is 3.00. The van der Waals surface area contributed by atoms with E-state index in [1.165, 1.54) is 5.69 Å². The minimum atomic E-state index is 0.894. The van der Waals surface area contributed by atoms with Crippen LogP contribution in [0.5, 0.6) is 5.75 Å². The molecule has 0 bridgehead atoms. The molecular formula is C14H17N3OS. The lowest BCUT2D eigenvalue weighted by atomic mass is 10.1. The van der Waals surface area contributed by atoms with E-state index in [-0.39, 0.29) is 0 Å². The van der Waals surface area contributed by atoms with Gasteiger partial charge in [0.05, 0.1) is 12.7 Å². The molecular weight excluding hydrogens is 258 g/mol. The van der Waals surface area contributed by atoms with Gasteiger partial charge in [0.1, 0.15) is 10.8 Å². The van der Waals surface area contributed by atoms with Crippen molar-refractivity contribution in [2.24, 2.45) is 0 Å². The van der Waals surface area contributed by atoms with Crippen LogP contribution in [0.15, 0.2) is 29.8 Å². The molecule has 0 radical (unpaired) electrons. The van der Waals surface area contributed by atoms with Crippen LogP contribution in [0, 0.1) is 0 Å². The van der Waals surface area contributed by atoms with E-state index >= 15 is 0 Å². The minimum absolute atomic E-state index is 0.894. The molecule has 4 nitrogen and oxygen atoms in total. The normalized spacial score (nSPS) is 15.5. The van der Waals surface area contributed by atoms with Crippen molar-refractivity contribution < 1.29 is 4.74 Å². The lowest BCUT2D eigenvalue weighted by Gasteiger charge is -2.29. The first-order chi connectivity index (χ1) is 9.38. The van der Waals surface area contributed by atoms with Crippen molar-refractivity contribution >= 4 is 17.0 Å². The van der Waals surface area contributed by atoms with Crippen LogP contribution in [0.25, 0.3) is 10.6 Å². The first-order valence-corrected chi connectivity index (χ1v) is 7.30. The van der Waals surface area contributed by atoms with E-state index in [1.807, 2.05) is 11.6 Å². The molecule has 0 unspecified atom stereocenters. The van der Waals surface area contributed by atoms with Crippen molar-refractivity contribution in [3.63, 3.8) is 0 Å².